The first-order chi connectivity index (χ1) is 6.61. The van der Waals surface area contributed by atoms with Crippen LogP contribution in [0.5, 0.6) is 0 Å². The molecule has 0 atom stereocenters. The molecule has 5 heteroatoms. The number of carbonyl (C=O) groups is 1. The fraction of sp³-hybridized carbons (Fsp3) is 0.444. The second kappa shape index (κ2) is 4.66. The number of methoxy groups -OCH3 is 1. The number of aliphatic carboxylic acids is 1. The molecule has 0 radical (unpaired) electrons. The van der Waals surface area contributed by atoms with Crippen molar-refractivity contribution in [1.29, 1.82) is 0 Å². The molecule has 1 aromatic heterocycles. The van der Waals surface area contributed by atoms with E-state index in [4.69, 9.17) is 9.84 Å². The van der Waals surface area contributed by atoms with Crippen LogP contribution in [-0.4, -0.2) is 28.2 Å². The Morgan fingerprint density at radius 2 is 2.14 bits per heavy atom. The van der Waals surface area contributed by atoms with E-state index < -0.39 is 5.97 Å². The predicted octanol–water partition coefficient (Wildman–Crippen LogP) is 0.559. The van der Waals surface area contributed by atoms with Gasteiger partial charge in [0.15, 0.2) is 0 Å². The van der Waals surface area contributed by atoms with Crippen molar-refractivity contribution in [3.63, 3.8) is 0 Å². The monoisotopic (exact) mass is 196 g/mol. The molecule has 0 fully saturated rings. The van der Waals surface area contributed by atoms with E-state index in [1.807, 2.05) is 0 Å². The topological polar surface area (TPSA) is 72.3 Å². The summed E-state index contributed by atoms with van der Waals surface area (Å²) < 4.78 is 4.91. The van der Waals surface area contributed by atoms with Crippen molar-refractivity contribution in [1.82, 2.24) is 9.97 Å². The van der Waals surface area contributed by atoms with Crippen LogP contribution in [0.25, 0.3) is 0 Å². The maximum atomic E-state index is 10.5. The van der Waals surface area contributed by atoms with Gasteiger partial charge in [-0.05, 0) is 13.0 Å². The third kappa shape index (κ3) is 3.10. The molecule has 0 bridgehead atoms. The van der Waals surface area contributed by atoms with E-state index in [0.717, 1.165) is 0 Å². The van der Waals surface area contributed by atoms with E-state index in [9.17, 15) is 4.79 Å². The van der Waals surface area contributed by atoms with Gasteiger partial charge in [-0.2, -0.15) is 0 Å². The number of hydrogen-bond donors (Lipinski definition) is 1. The molecule has 0 aliphatic rings. The van der Waals surface area contributed by atoms with Gasteiger partial charge in [-0.3, -0.25) is 4.79 Å². The molecule has 1 rings (SSSR count). The lowest BCUT2D eigenvalue weighted by molar-refractivity contribution is -0.136. The van der Waals surface area contributed by atoms with Crippen molar-refractivity contribution >= 4 is 5.97 Å². The Labute approximate surface area is 81.8 Å². The molecular formula is C9H12N2O3. The van der Waals surface area contributed by atoms with Crippen LogP contribution in [0.15, 0.2) is 6.07 Å². The highest BCUT2D eigenvalue weighted by molar-refractivity contribution is 5.69. The van der Waals surface area contributed by atoms with E-state index in [-0.39, 0.29) is 6.42 Å². The minimum absolute atomic E-state index is 0.0833. The first kappa shape index (κ1) is 10.6. The van der Waals surface area contributed by atoms with Crippen LogP contribution in [0.1, 0.15) is 17.2 Å². The molecule has 14 heavy (non-hydrogen) atoms. The first-order valence-corrected chi connectivity index (χ1v) is 4.16. The van der Waals surface area contributed by atoms with Crippen LogP contribution in [-0.2, 0) is 22.6 Å². The van der Waals surface area contributed by atoms with Crippen molar-refractivity contribution in [3.8, 4) is 0 Å². The van der Waals surface area contributed by atoms with Gasteiger partial charge in [-0.25, -0.2) is 9.97 Å². The van der Waals surface area contributed by atoms with Gasteiger partial charge in [0.2, 0.25) is 0 Å². The summed E-state index contributed by atoms with van der Waals surface area (Å²) in [5.74, 6) is -0.331. The lowest BCUT2D eigenvalue weighted by Gasteiger charge is -2.03. The Balaban J connectivity index is 2.88. The van der Waals surface area contributed by atoms with E-state index in [1.54, 1.807) is 20.1 Å². The van der Waals surface area contributed by atoms with Crippen LogP contribution in [0.4, 0.5) is 0 Å². The molecule has 0 aliphatic heterocycles. The van der Waals surface area contributed by atoms with Crippen LogP contribution < -0.4 is 0 Å². The second-order valence-electron chi connectivity index (χ2n) is 2.90. The van der Waals surface area contributed by atoms with Gasteiger partial charge < -0.3 is 9.84 Å². The third-order valence-electron chi connectivity index (χ3n) is 1.57. The molecule has 0 aliphatic carbocycles. The van der Waals surface area contributed by atoms with E-state index in [0.29, 0.717) is 23.8 Å². The van der Waals surface area contributed by atoms with Crippen LogP contribution in [0, 0.1) is 6.92 Å². The lowest BCUT2D eigenvalue weighted by Crippen LogP contribution is -2.06. The molecule has 1 N–H and O–H groups in total. The summed E-state index contributed by atoms with van der Waals surface area (Å²) in [7, 11) is 1.56. The maximum Gasteiger partial charge on any atom is 0.309 e. The van der Waals surface area contributed by atoms with Crippen molar-refractivity contribution in [2.75, 3.05) is 7.11 Å². The molecule has 0 saturated carbocycles. The summed E-state index contributed by atoms with van der Waals surface area (Å²) in [6.45, 7) is 2.10. The number of ether oxygens (including phenoxy) is 1. The zero-order valence-electron chi connectivity index (χ0n) is 8.15. The summed E-state index contributed by atoms with van der Waals surface area (Å²) in [6.07, 6.45) is -0.0833. The zero-order valence-corrected chi connectivity index (χ0v) is 8.15. The average Bonchev–Trinajstić information content (AvgIpc) is 2.01. The molecule has 0 saturated heterocycles. The van der Waals surface area contributed by atoms with Gasteiger partial charge in [0.25, 0.3) is 0 Å². The standard InChI is InChI=1S/C9H12N2O3/c1-6-10-7(4-9(12)13)3-8(11-6)5-14-2/h3H,4-5H2,1-2H3,(H,12,13). The minimum Gasteiger partial charge on any atom is -0.481 e. The SMILES string of the molecule is COCc1cc(CC(=O)O)nc(C)n1. The predicted molar refractivity (Wildman–Crippen MR) is 48.8 cm³/mol. The number of aryl methyl sites for hydroxylation is 1. The third-order valence-corrected chi connectivity index (χ3v) is 1.57. The fourth-order valence-corrected chi connectivity index (χ4v) is 1.16. The summed E-state index contributed by atoms with van der Waals surface area (Å²) in [5, 5.41) is 8.59. The Bertz CT molecular complexity index is 339. The van der Waals surface area contributed by atoms with Gasteiger partial charge in [0.05, 0.1) is 24.4 Å². The van der Waals surface area contributed by atoms with E-state index in [1.165, 1.54) is 0 Å². The van der Waals surface area contributed by atoms with Crippen molar-refractivity contribution in [3.05, 3.63) is 23.3 Å². The van der Waals surface area contributed by atoms with Gasteiger partial charge in [0.1, 0.15) is 5.82 Å². The summed E-state index contributed by atoms with van der Waals surface area (Å²) in [6, 6.07) is 1.64. The maximum absolute atomic E-state index is 10.5. The highest BCUT2D eigenvalue weighted by Gasteiger charge is 2.05. The van der Waals surface area contributed by atoms with Crippen LogP contribution >= 0.6 is 0 Å². The molecule has 0 spiro atoms. The smallest absolute Gasteiger partial charge is 0.309 e. The van der Waals surface area contributed by atoms with Crippen molar-refractivity contribution in [2.24, 2.45) is 0 Å². The normalized spacial score (nSPS) is 10.1. The van der Waals surface area contributed by atoms with E-state index in [2.05, 4.69) is 9.97 Å². The van der Waals surface area contributed by atoms with Gasteiger partial charge in [-0.15, -0.1) is 0 Å². The molecule has 0 unspecified atom stereocenters. The summed E-state index contributed by atoms with van der Waals surface area (Å²) in [5.41, 5.74) is 1.22. The Hall–Kier alpha value is -1.49. The van der Waals surface area contributed by atoms with Crippen molar-refractivity contribution < 1.29 is 14.6 Å². The van der Waals surface area contributed by atoms with Crippen LogP contribution in [0.2, 0.25) is 0 Å². The Morgan fingerprint density at radius 1 is 1.50 bits per heavy atom. The highest BCUT2D eigenvalue weighted by Crippen LogP contribution is 2.03. The number of aromatic nitrogens is 2. The van der Waals surface area contributed by atoms with Crippen molar-refractivity contribution in [2.45, 2.75) is 20.0 Å². The molecule has 1 heterocycles. The molecule has 0 aromatic carbocycles. The fourth-order valence-electron chi connectivity index (χ4n) is 1.16. The van der Waals surface area contributed by atoms with Gasteiger partial charge in [0, 0.05) is 7.11 Å². The summed E-state index contributed by atoms with van der Waals surface area (Å²) in [4.78, 5) is 18.6. The zero-order chi connectivity index (χ0) is 10.6. The first-order valence-electron chi connectivity index (χ1n) is 4.16. The number of carboxylic acids is 1. The second-order valence-corrected chi connectivity index (χ2v) is 2.90. The molecule has 76 valence electrons. The molecule has 0 amide bonds. The number of rotatable bonds is 4. The number of hydrogen-bond acceptors (Lipinski definition) is 4. The van der Waals surface area contributed by atoms with Gasteiger partial charge in [-0.1, -0.05) is 0 Å². The van der Waals surface area contributed by atoms with E-state index >= 15 is 0 Å². The number of nitrogens with zero attached hydrogens (tertiary/aromatic N) is 2. The highest BCUT2D eigenvalue weighted by atomic mass is 16.5. The van der Waals surface area contributed by atoms with Gasteiger partial charge >= 0.3 is 5.97 Å². The largest absolute Gasteiger partial charge is 0.481 e. The number of carboxylic acid groups (broad SMARTS) is 1. The quantitative estimate of drug-likeness (QED) is 0.761. The molecule has 1 aromatic rings. The Morgan fingerprint density at radius 3 is 2.71 bits per heavy atom. The molecular weight excluding hydrogens is 184 g/mol. The average molecular weight is 196 g/mol. The lowest BCUT2D eigenvalue weighted by atomic mass is 10.2. The van der Waals surface area contributed by atoms with Crippen LogP contribution in [0.3, 0.4) is 0 Å². The Kier molecular flexibility index (Phi) is 3.53. The summed E-state index contributed by atoms with van der Waals surface area (Å²) >= 11 is 0. The minimum atomic E-state index is -0.897. The molecule has 5 nitrogen and oxygen atoms in total.